The molecule has 1 saturated heterocycles. The minimum absolute atomic E-state index is 0.152. The molecule has 3 heteroatoms. The van der Waals surface area contributed by atoms with Crippen LogP contribution in [0, 0.1) is 6.92 Å². The molecule has 1 heterocycles. The van der Waals surface area contributed by atoms with Gasteiger partial charge in [0.25, 0.3) is 0 Å². The Morgan fingerprint density at radius 3 is 2.70 bits per heavy atom. The molecule has 0 radical (unpaired) electrons. The van der Waals surface area contributed by atoms with Gasteiger partial charge in [-0.1, -0.05) is 36.8 Å². The van der Waals surface area contributed by atoms with Gasteiger partial charge in [-0.3, -0.25) is 0 Å². The number of ether oxygens (including phenoxy) is 2. The van der Waals surface area contributed by atoms with E-state index in [0.29, 0.717) is 0 Å². The summed E-state index contributed by atoms with van der Waals surface area (Å²) >= 11 is 0. The number of nitrogens with one attached hydrogen (secondary N) is 1. The molecule has 0 aliphatic carbocycles. The molecule has 0 saturated carbocycles. The Balaban J connectivity index is 2.29. The highest BCUT2D eigenvalue weighted by atomic mass is 16.5. The lowest BCUT2D eigenvalue weighted by atomic mass is 9.81. The van der Waals surface area contributed by atoms with Crippen molar-refractivity contribution in [1.82, 2.24) is 5.32 Å². The van der Waals surface area contributed by atoms with Crippen LogP contribution in [0.2, 0.25) is 0 Å². The second-order valence-corrected chi connectivity index (χ2v) is 5.68. The number of benzene rings is 1. The lowest BCUT2D eigenvalue weighted by Gasteiger charge is -2.43. The molecule has 20 heavy (non-hydrogen) atoms. The third-order valence-corrected chi connectivity index (χ3v) is 4.25. The summed E-state index contributed by atoms with van der Waals surface area (Å²) in [6.07, 6.45) is 3.01. The lowest BCUT2D eigenvalue weighted by Crippen LogP contribution is -2.49. The van der Waals surface area contributed by atoms with Crippen molar-refractivity contribution >= 4 is 0 Å². The second kappa shape index (κ2) is 7.21. The van der Waals surface area contributed by atoms with E-state index in [0.717, 1.165) is 39.0 Å². The zero-order valence-corrected chi connectivity index (χ0v) is 12.9. The van der Waals surface area contributed by atoms with Crippen molar-refractivity contribution in [1.29, 1.82) is 0 Å². The largest absolute Gasteiger partial charge is 0.381 e. The molecule has 2 rings (SSSR count). The fraction of sp³-hybridized carbons (Fsp3) is 0.647. The third kappa shape index (κ3) is 3.40. The molecule has 112 valence electrons. The van der Waals surface area contributed by atoms with Crippen molar-refractivity contribution in [3.8, 4) is 0 Å². The van der Waals surface area contributed by atoms with Gasteiger partial charge in [0.2, 0.25) is 0 Å². The Bertz CT molecular complexity index is 413. The summed E-state index contributed by atoms with van der Waals surface area (Å²) in [6, 6.07) is 8.98. The summed E-state index contributed by atoms with van der Waals surface area (Å²) in [5, 5.41) is 3.69. The first-order valence-electron chi connectivity index (χ1n) is 7.64. The van der Waals surface area contributed by atoms with Crippen molar-refractivity contribution < 1.29 is 9.47 Å². The van der Waals surface area contributed by atoms with Crippen LogP contribution in [0.3, 0.4) is 0 Å². The van der Waals surface area contributed by atoms with E-state index in [2.05, 4.69) is 43.4 Å². The minimum Gasteiger partial charge on any atom is -0.381 e. The molecule has 1 aromatic carbocycles. The Labute approximate surface area is 122 Å². The molecular formula is C17H27NO2. The van der Waals surface area contributed by atoms with Gasteiger partial charge in [-0.2, -0.15) is 0 Å². The summed E-state index contributed by atoms with van der Waals surface area (Å²) < 4.78 is 11.5. The number of hydrogen-bond donors (Lipinski definition) is 1. The van der Waals surface area contributed by atoms with Crippen molar-refractivity contribution in [3.63, 3.8) is 0 Å². The van der Waals surface area contributed by atoms with Crippen LogP contribution in [-0.4, -0.2) is 32.5 Å². The molecule has 1 N–H and O–H groups in total. The highest BCUT2D eigenvalue weighted by Gasteiger charge is 2.41. The van der Waals surface area contributed by atoms with Crippen molar-refractivity contribution in [2.24, 2.45) is 0 Å². The Kier molecular flexibility index (Phi) is 5.58. The van der Waals surface area contributed by atoms with Gasteiger partial charge in [0, 0.05) is 33.2 Å². The lowest BCUT2D eigenvalue weighted by molar-refractivity contribution is -0.111. The summed E-state index contributed by atoms with van der Waals surface area (Å²) in [5.41, 5.74) is 2.47. The van der Waals surface area contributed by atoms with Gasteiger partial charge in [0.1, 0.15) is 0 Å². The van der Waals surface area contributed by atoms with E-state index < -0.39 is 0 Å². The van der Waals surface area contributed by atoms with E-state index in [1.54, 1.807) is 0 Å². The molecule has 0 spiro atoms. The second-order valence-electron chi connectivity index (χ2n) is 5.68. The molecule has 0 bridgehead atoms. The zero-order chi connectivity index (χ0) is 14.4. The quantitative estimate of drug-likeness (QED) is 0.866. The summed E-state index contributed by atoms with van der Waals surface area (Å²) in [4.78, 5) is 0. The first-order chi connectivity index (χ1) is 9.72. The van der Waals surface area contributed by atoms with Gasteiger partial charge >= 0.3 is 0 Å². The average Bonchev–Trinajstić information content (AvgIpc) is 2.48. The highest BCUT2D eigenvalue weighted by molar-refractivity contribution is 5.27. The number of aryl methyl sites for hydroxylation is 1. The fourth-order valence-electron chi connectivity index (χ4n) is 3.07. The number of hydrogen-bond acceptors (Lipinski definition) is 3. The topological polar surface area (TPSA) is 30.5 Å². The summed E-state index contributed by atoms with van der Waals surface area (Å²) in [6.45, 7) is 6.91. The van der Waals surface area contributed by atoms with Gasteiger partial charge in [0.15, 0.2) is 0 Å². The first-order valence-corrected chi connectivity index (χ1v) is 7.64. The van der Waals surface area contributed by atoms with Crippen LogP contribution in [-0.2, 0) is 9.47 Å². The Morgan fingerprint density at radius 1 is 1.35 bits per heavy atom. The van der Waals surface area contributed by atoms with E-state index in [4.69, 9.17) is 9.47 Å². The summed E-state index contributed by atoms with van der Waals surface area (Å²) in [7, 11) is 1.84. The standard InChI is InChI=1S/C17H27NO2/c1-4-10-18-16(15-7-5-6-14(2)13-15)17(19-3)8-11-20-12-9-17/h5-7,13,16,18H,4,8-12H2,1-3H3. The average molecular weight is 277 g/mol. The van der Waals surface area contributed by atoms with E-state index in [-0.39, 0.29) is 11.6 Å². The van der Waals surface area contributed by atoms with Gasteiger partial charge < -0.3 is 14.8 Å². The normalized spacial score (nSPS) is 19.8. The molecule has 0 amide bonds. The van der Waals surface area contributed by atoms with Crippen LogP contribution in [0.4, 0.5) is 0 Å². The molecule has 1 atom stereocenters. The monoisotopic (exact) mass is 277 g/mol. The Hall–Kier alpha value is -0.900. The maximum Gasteiger partial charge on any atom is 0.0916 e. The van der Waals surface area contributed by atoms with Crippen molar-refractivity contribution in [2.75, 3.05) is 26.9 Å². The molecule has 1 aliphatic rings. The predicted molar refractivity (Wildman–Crippen MR) is 82.0 cm³/mol. The van der Waals surface area contributed by atoms with Crippen molar-refractivity contribution in [2.45, 2.75) is 44.8 Å². The van der Waals surface area contributed by atoms with E-state index in [1.807, 2.05) is 7.11 Å². The molecular weight excluding hydrogens is 250 g/mol. The molecule has 1 fully saturated rings. The Morgan fingerprint density at radius 2 is 2.10 bits per heavy atom. The first kappa shape index (κ1) is 15.5. The molecule has 1 unspecified atom stereocenters. The third-order valence-electron chi connectivity index (χ3n) is 4.25. The number of rotatable bonds is 6. The van der Waals surface area contributed by atoms with Gasteiger partial charge in [0.05, 0.1) is 11.6 Å². The maximum atomic E-state index is 5.99. The van der Waals surface area contributed by atoms with Crippen LogP contribution >= 0.6 is 0 Å². The predicted octanol–water partition coefficient (Wildman–Crippen LogP) is 3.23. The van der Waals surface area contributed by atoms with E-state index in [9.17, 15) is 0 Å². The van der Waals surface area contributed by atoms with E-state index in [1.165, 1.54) is 11.1 Å². The molecule has 1 aliphatic heterocycles. The van der Waals surface area contributed by atoms with Crippen LogP contribution in [0.15, 0.2) is 24.3 Å². The van der Waals surface area contributed by atoms with Crippen LogP contribution in [0.25, 0.3) is 0 Å². The van der Waals surface area contributed by atoms with Gasteiger partial charge in [-0.05, 0) is 25.5 Å². The summed E-state index contributed by atoms with van der Waals surface area (Å²) in [5.74, 6) is 0. The maximum absolute atomic E-state index is 5.99. The highest BCUT2D eigenvalue weighted by Crippen LogP contribution is 2.37. The SMILES string of the molecule is CCCNC(c1cccc(C)c1)C1(OC)CCOCC1. The van der Waals surface area contributed by atoms with Gasteiger partial charge in [-0.25, -0.2) is 0 Å². The molecule has 0 aromatic heterocycles. The fourth-order valence-corrected chi connectivity index (χ4v) is 3.07. The molecule has 3 nitrogen and oxygen atoms in total. The number of methoxy groups -OCH3 is 1. The molecule has 1 aromatic rings. The van der Waals surface area contributed by atoms with E-state index >= 15 is 0 Å². The van der Waals surface area contributed by atoms with Crippen molar-refractivity contribution in [3.05, 3.63) is 35.4 Å². The smallest absolute Gasteiger partial charge is 0.0916 e. The minimum atomic E-state index is -0.152. The van der Waals surface area contributed by atoms with Crippen LogP contribution in [0.5, 0.6) is 0 Å². The zero-order valence-electron chi connectivity index (χ0n) is 12.9. The van der Waals surface area contributed by atoms with Crippen LogP contribution in [0.1, 0.15) is 43.4 Å². The van der Waals surface area contributed by atoms with Gasteiger partial charge in [-0.15, -0.1) is 0 Å². The van der Waals surface area contributed by atoms with Crippen LogP contribution < -0.4 is 5.32 Å².